The maximum absolute atomic E-state index is 13.1. The van der Waals surface area contributed by atoms with Gasteiger partial charge in [-0.2, -0.15) is 0 Å². The average Bonchev–Trinajstić information content (AvgIpc) is 2.81. The third-order valence-corrected chi connectivity index (χ3v) is 5.42. The molecule has 2 bridgehead atoms. The second-order valence-corrected chi connectivity index (χ2v) is 6.44. The SMILES string of the molecule is Cc1c2n(c3ccccc13)C(=O)C1[C@@H](C)OC[C@@H]2[C@H]1CC=O. The third kappa shape index (κ3) is 1.61. The molecule has 2 aliphatic rings. The Bertz CT molecular complexity index is 776. The topological polar surface area (TPSA) is 48.3 Å². The van der Waals surface area contributed by atoms with Crippen molar-refractivity contribution in [3.05, 3.63) is 35.5 Å². The first-order valence-electron chi connectivity index (χ1n) is 7.84. The van der Waals surface area contributed by atoms with Gasteiger partial charge in [0.25, 0.3) is 0 Å². The number of para-hydroxylation sites is 1. The van der Waals surface area contributed by atoms with Crippen LogP contribution in [0.15, 0.2) is 24.3 Å². The fourth-order valence-corrected chi connectivity index (χ4v) is 4.42. The minimum Gasteiger partial charge on any atom is -0.377 e. The first-order valence-corrected chi connectivity index (χ1v) is 7.84. The van der Waals surface area contributed by atoms with Crippen LogP contribution in [0.1, 0.15) is 35.3 Å². The number of hydrogen-bond acceptors (Lipinski definition) is 3. The van der Waals surface area contributed by atoms with Crippen molar-refractivity contribution in [3.8, 4) is 0 Å². The number of aldehydes is 1. The fraction of sp³-hybridized carbons (Fsp3) is 0.444. The average molecular weight is 297 g/mol. The molecule has 4 rings (SSSR count). The Morgan fingerprint density at radius 3 is 2.91 bits per heavy atom. The maximum atomic E-state index is 13.1. The number of ether oxygens (including phenoxy) is 1. The van der Waals surface area contributed by atoms with Crippen LogP contribution in [0.5, 0.6) is 0 Å². The second kappa shape index (κ2) is 4.78. The summed E-state index contributed by atoms with van der Waals surface area (Å²) in [5.41, 5.74) is 3.16. The van der Waals surface area contributed by atoms with Crippen LogP contribution in [0.2, 0.25) is 0 Å². The predicted molar refractivity (Wildman–Crippen MR) is 83.1 cm³/mol. The molecule has 3 heterocycles. The van der Waals surface area contributed by atoms with Crippen LogP contribution in [-0.2, 0) is 9.53 Å². The summed E-state index contributed by atoms with van der Waals surface area (Å²) < 4.78 is 7.74. The first kappa shape index (κ1) is 13.7. The summed E-state index contributed by atoms with van der Waals surface area (Å²) in [5.74, 6) is 0.0296. The lowest BCUT2D eigenvalue weighted by atomic mass is 9.70. The van der Waals surface area contributed by atoms with E-state index >= 15 is 0 Å². The molecule has 2 aliphatic heterocycles. The van der Waals surface area contributed by atoms with E-state index in [1.54, 1.807) is 0 Å². The molecule has 0 amide bonds. The van der Waals surface area contributed by atoms with Crippen molar-refractivity contribution in [2.75, 3.05) is 6.61 Å². The van der Waals surface area contributed by atoms with Crippen LogP contribution >= 0.6 is 0 Å². The fourth-order valence-electron chi connectivity index (χ4n) is 4.42. The van der Waals surface area contributed by atoms with Gasteiger partial charge in [0.15, 0.2) is 0 Å². The summed E-state index contributed by atoms with van der Waals surface area (Å²) in [6, 6.07) is 8.03. The molecule has 0 radical (unpaired) electrons. The minimum absolute atomic E-state index is 0.0595. The van der Waals surface area contributed by atoms with Crippen LogP contribution in [0, 0.1) is 18.8 Å². The summed E-state index contributed by atoms with van der Waals surface area (Å²) in [7, 11) is 0. The zero-order valence-electron chi connectivity index (χ0n) is 12.8. The van der Waals surface area contributed by atoms with Gasteiger partial charge in [-0.15, -0.1) is 0 Å². The summed E-state index contributed by atoms with van der Waals surface area (Å²) in [4.78, 5) is 24.2. The zero-order valence-corrected chi connectivity index (χ0v) is 12.8. The van der Waals surface area contributed by atoms with Crippen LogP contribution in [0.25, 0.3) is 10.9 Å². The van der Waals surface area contributed by atoms with Gasteiger partial charge in [0, 0.05) is 23.4 Å². The highest BCUT2D eigenvalue weighted by Gasteiger charge is 2.49. The Balaban J connectivity index is 2.02. The molecule has 1 aromatic heterocycles. The van der Waals surface area contributed by atoms with Gasteiger partial charge in [-0.05, 0) is 31.4 Å². The molecule has 2 aromatic rings. The summed E-state index contributed by atoms with van der Waals surface area (Å²) in [5, 5.41) is 1.12. The maximum Gasteiger partial charge on any atom is 0.237 e. The molecular formula is C18H19NO3. The molecule has 0 N–H and O–H groups in total. The quantitative estimate of drug-likeness (QED) is 0.801. The molecule has 4 nitrogen and oxygen atoms in total. The lowest BCUT2D eigenvalue weighted by molar-refractivity contribution is -0.112. The van der Waals surface area contributed by atoms with Crippen molar-refractivity contribution in [3.63, 3.8) is 0 Å². The lowest BCUT2D eigenvalue weighted by Gasteiger charge is -2.45. The summed E-state index contributed by atoms with van der Waals surface area (Å²) in [6.45, 7) is 4.60. The van der Waals surface area contributed by atoms with Gasteiger partial charge >= 0.3 is 0 Å². The van der Waals surface area contributed by atoms with Crippen LogP contribution < -0.4 is 0 Å². The summed E-state index contributed by atoms with van der Waals surface area (Å²) in [6.07, 6.45) is 1.24. The Kier molecular flexibility index (Phi) is 2.98. The number of benzene rings is 1. The Hall–Kier alpha value is -1.94. The van der Waals surface area contributed by atoms with Crippen LogP contribution in [-0.4, -0.2) is 29.5 Å². The van der Waals surface area contributed by atoms with Crippen molar-refractivity contribution in [1.29, 1.82) is 0 Å². The first-order chi connectivity index (χ1) is 10.6. The van der Waals surface area contributed by atoms with Crippen molar-refractivity contribution >= 4 is 23.1 Å². The van der Waals surface area contributed by atoms with Gasteiger partial charge in [0.2, 0.25) is 5.91 Å². The van der Waals surface area contributed by atoms with E-state index in [-0.39, 0.29) is 29.8 Å². The van der Waals surface area contributed by atoms with Crippen molar-refractivity contribution in [1.82, 2.24) is 4.57 Å². The van der Waals surface area contributed by atoms with Crippen molar-refractivity contribution in [2.24, 2.45) is 11.8 Å². The van der Waals surface area contributed by atoms with Gasteiger partial charge < -0.3 is 9.53 Å². The van der Waals surface area contributed by atoms with Crippen LogP contribution in [0.4, 0.5) is 0 Å². The van der Waals surface area contributed by atoms with Gasteiger partial charge in [0.05, 0.1) is 24.1 Å². The standard InChI is InChI=1S/C18H19NO3/c1-10-12-5-3-4-6-15(12)19-17(10)14-9-22-11(2)16(18(19)21)13(14)7-8-20/h3-6,8,11,13-14,16H,7,9H2,1-2H3/t11-,13-,14-,16?/m1/s1. The van der Waals surface area contributed by atoms with E-state index in [0.29, 0.717) is 13.0 Å². The normalized spacial score (nSPS) is 30.4. The van der Waals surface area contributed by atoms with Gasteiger partial charge in [-0.3, -0.25) is 9.36 Å². The van der Waals surface area contributed by atoms with E-state index < -0.39 is 0 Å². The van der Waals surface area contributed by atoms with E-state index in [9.17, 15) is 9.59 Å². The number of fused-ring (bicyclic) bond motifs is 6. The number of hydrogen-bond donors (Lipinski definition) is 0. The zero-order chi connectivity index (χ0) is 15.4. The molecule has 1 unspecified atom stereocenters. The molecule has 0 aliphatic carbocycles. The molecular weight excluding hydrogens is 278 g/mol. The number of aromatic nitrogens is 1. The molecule has 0 spiro atoms. The van der Waals surface area contributed by atoms with E-state index in [1.165, 1.54) is 0 Å². The molecule has 4 atom stereocenters. The predicted octanol–water partition coefficient (Wildman–Crippen LogP) is 2.93. The number of rotatable bonds is 2. The van der Waals surface area contributed by atoms with Gasteiger partial charge in [0.1, 0.15) is 6.29 Å². The molecule has 1 fully saturated rings. The van der Waals surface area contributed by atoms with Crippen molar-refractivity contribution < 1.29 is 14.3 Å². The Labute approximate surface area is 129 Å². The number of nitrogens with zero attached hydrogens (tertiary/aromatic N) is 1. The molecule has 22 heavy (non-hydrogen) atoms. The molecule has 1 saturated heterocycles. The molecule has 1 aromatic carbocycles. The number of aryl methyl sites for hydroxylation is 1. The molecule has 0 saturated carbocycles. The number of carbonyl (C=O) groups is 2. The van der Waals surface area contributed by atoms with Gasteiger partial charge in [-0.25, -0.2) is 0 Å². The highest BCUT2D eigenvalue weighted by molar-refractivity contribution is 5.98. The van der Waals surface area contributed by atoms with E-state index in [0.717, 1.165) is 28.4 Å². The van der Waals surface area contributed by atoms with Crippen LogP contribution in [0.3, 0.4) is 0 Å². The van der Waals surface area contributed by atoms with E-state index in [4.69, 9.17) is 4.74 Å². The van der Waals surface area contributed by atoms with E-state index in [1.807, 2.05) is 29.7 Å². The highest BCUT2D eigenvalue weighted by Crippen LogP contribution is 2.47. The minimum atomic E-state index is -0.230. The van der Waals surface area contributed by atoms with Crippen molar-refractivity contribution in [2.45, 2.75) is 32.3 Å². The monoisotopic (exact) mass is 297 g/mol. The second-order valence-electron chi connectivity index (χ2n) is 6.44. The molecule has 114 valence electrons. The highest BCUT2D eigenvalue weighted by atomic mass is 16.5. The largest absolute Gasteiger partial charge is 0.377 e. The third-order valence-electron chi connectivity index (χ3n) is 5.42. The lowest BCUT2D eigenvalue weighted by Crippen LogP contribution is -2.50. The van der Waals surface area contributed by atoms with Gasteiger partial charge in [-0.1, -0.05) is 18.2 Å². The summed E-state index contributed by atoms with van der Waals surface area (Å²) >= 11 is 0. The smallest absolute Gasteiger partial charge is 0.237 e. The molecule has 4 heteroatoms. The number of carbonyl (C=O) groups excluding carboxylic acids is 2. The van der Waals surface area contributed by atoms with E-state index in [2.05, 4.69) is 13.0 Å². The Morgan fingerprint density at radius 2 is 2.14 bits per heavy atom. The Morgan fingerprint density at radius 1 is 1.36 bits per heavy atom.